The average Bonchev–Trinajstić information content (AvgIpc) is 3.47. The van der Waals surface area contributed by atoms with Gasteiger partial charge in [-0.2, -0.15) is 0 Å². The molecule has 2 aromatic rings. The number of aromatic amines is 1. The number of aryl methyl sites for hydroxylation is 1. The van der Waals surface area contributed by atoms with Gasteiger partial charge in [0.2, 0.25) is 0 Å². The lowest BCUT2D eigenvalue weighted by molar-refractivity contribution is 0.0695. The van der Waals surface area contributed by atoms with Gasteiger partial charge in [0.15, 0.2) is 21.8 Å². The number of nitrogens with zero attached hydrogens (tertiary/aromatic N) is 3. The van der Waals surface area contributed by atoms with Gasteiger partial charge in [-0.25, -0.2) is 14.8 Å². The number of piperidine rings is 1. The molecule has 0 aromatic carbocycles. The Morgan fingerprint density at radius 3 is 2.42 bits per heavy atom. The summed E-state index contributed by atoms with van der Waals surface area (Å²) in [6.07, 6.45) is 1.92. The molecule has 0 atom stereocenters. The first-order valence-electron chi connectivity index (χ1n) is 11.8. The van der Waals surface area contributed by atoms with Crippen LogP contribution in [0.15, 0.2) is 0 Å². The maximum atomic E-state index is 12.5. The summed E-state index contributed by atoms with van der Waals surface area (Å²) in [6, 6.07) is -0.0667. The monoisotopic (exact) mass is 544 g/mol. The standard InChI is InChI=1S/C20H27ClN6O5S.C2H6O/c1-3-12-15(21)26-16(24-12)18(29)23-11-5-8-27(9-6-11)20-25-13(14(33-20)19(30)31)17(28)22-7-10-32-4-2;1-2-3/h11H,3-10H2,1-2H3,(H,22,28)(H,23,29)(H,24,26)(H,30,31);3H,2H2,1H3. The number of nitrogens with one attached hydrogen (secondary N) is 3. The van der Waals surface area contributed by atoms with E-state index in [1.54, 1.807) is 6.92 Å². The van der Waals surface area contributed by atoms with E-state index in [2.05, 4.69) is 25.6 Å². The maximum Gasteiger partial charge on any atom is 0.348 e. The Labute approximate surface area is 218 Å². The second-order valence-electron chi connectivity index (χ2n) is 7.69. The topological polar surface area (TPSA) is 170 Å². The number of aromatic carboxylic acids is 1. The van der Waals surface area contributed by atoms with Crippen LogP contribution in [0.3, 0.4) is 0 Å². The highest BCUT2D eigenvalue weighted by atomic mass is 35.5. The van der Waals surface area contributed by atoms with Crippen molar-refractivity contribution < 1.29 is 29.3 Å². The first-order chi connectivity index (χ1) is 17.2. The molecule has 0 unspecified atom stereocenters. The number of aliphatic hydroxyl groups is 1. The Morgan fingerprint density at radius 1 is 1.19 bits per heavy atom. The van der Waals surface area contributed by atoms with Crippen molar-refractivity contribution in [2.45, 2.75) is 46.1 Å². The average molecular weight is 545 g/mol. The third-order valence-electron chi connectivity index (χ3n) is 5.16. The molecule has 3 rings (SSSR count). The third kappa shape index (κ3) is 8.15. The molecule has 2 aromatic heterocycles. The number of H-pyrrole nitrogens is 1. The van der Waals surface area contributed by atoms with Gasteiger partial charge >= 0.3 is 5.97 Å². The van der Waals surface area contributed by atoms with E-state index in [-0.39, 0.29) is 41.5 Å². The predicted molar refractivity (Wildman–Crippen MR) is 136 cm³/mol. The van der Waals surface area contributed by atoms with E-state index < -0.39 is 11.9 Å². The number of carbonyl (C=O) groups excluding carboxylic acids is 2. The van der Waals surface area contributed by atoms with Gasteiger partial charge in [-0.3, -0.25) is 9.59 Å². The molecule has 5 N–H and O–H groups in total. The zero-order valence-corrected chi connectivity index (χ0v) is 22.2. The quantitative estimate of drug-likeness (QED) is 0.280. The Morgan fingerprint density at radius 2 is 1.86 bits per heavy atom. The molecule has 0 spiro atoms. The summed E-state index contributed by atoms with van der Waals surface area (Å²) < 4.78 is 5.18. The molecule has 36 heavy (non-hydrogen) atoms. The van der Waals surface area contributed by atoms with Crippen molar-refractivity contribution in [2.24, 2.45) is 0 Å². The third-order valence-corrected chi connectivity index (χ3v) is 6.58. The van der Waals surface area contributed by atoms with Crippen molar-refractivity contribution >= 4 is 45.9 Å². The number of carbonyl (C=O) groups is 3. The largest absolute Gasteiger partial charge is 0.477 e. The van der Waals surface area contributed by atoms with Crippen LogP contribution in [0, 0.1) is 0 Å². The number of aromatic nitrogens is 3. The van der Waals surface area contributed by atoms with Gasteiger partial charge in [0.1, 0.15) is 4.88 Å². The van der Waals surface area contributed by atoms with E-state index in [0.29, 0.717) is 61.5 Å². The molecule has 0 bridgehead atoms. The molecular weight excluding hydrogens is 512 g/mol. The second kappa shape index (κ2) is 14.7. The lowest BCUT2D eigenvalue weighted by atomic mass is 10.1. The summed E-state index contributed by atoms with van der Waals surface area (Å²) in [5, 5.41) is 23.4. The first kappa shape index (κ1) is 29.5. The van der Waals surface area contributed by atoms with Crippen molar-refractivity contribution in [3.8, 4) is 0 Å². The number of thiazole rings is 1. The molecule has 0 saturated carbocycles. The zero-order chi connectivity index (χ0) is 26.7. The summed E-state index contributed by atoms with van der Waals surface area (Å²) in [4.78, 5) is 49.6. The van der Waals surface area contributed by atoms with Gasteiger partial charge < -0.3 is 35.5 Å². The molecule has 12 nitrogen and oxygen atoms in total. The van der Waals surface area contributed by atoms with E-state index >= 15 is 0 Å². The number of anilines is 1. The fourth-order valence-electron chi connectivity index (χ4n) is 3.41. The molecule has 14 heteroatoms. The lowest BCUT2D eigenvalue weighted by Crippen LogP contribution is -2.45. The normalized spacial score (nSPS) is 13.6. The molecule has 2 amide bonds. The Balaban J connectivity index is 0.00000145. The van der Waals surface area contributed by atoms with Gasteiger partial charge in [-0.1, -0.05) is 29.9 Å². The Kier molecular flexibility index (Phi) is 12.1. The fourth-order valence-corrected chi connectivity index (χ4v) is 4.63. The molecule has 0 radical (unpaired) electrons. The van der Waals surface area contributed by atoms with E-state index in [0.717, 1.165) is 11.3 Å². The first-order valence-corrected chi connectivity index (χ1v) is 13.0. The minimum Gasteiger partial charge on any atom is -0.477 e. The lowest BCUT2D eigenvalue weighted by Gasteiger charge is -2.31. The summed E-state index contributed by atoms with van der Waals surface area (Å²) >= 11 is 6.98. The molecule has 200 valence electrons. The molecular formula is C22H33ClN6O6S. The Hall–Kier alpha value is -2.74. The molecule has 1 saturated heterocycles. The van der Waals surface area contributed by atoms with Crippen LogP contribution in [-0.2, 0) is 11.2 Å². The van der Waals surface area contributed by atoms with Crippen molar-refractivity contribution in [3.05, 3.63) is 27.2 Å². The van der Waals surface area contributed by atoms with Crippen LogP contribution >= 0.6 is 22.9 Å². The van der Waals surface area contributed by atoms with Gasteiger partial charge in [0.25, 0.3) is 11.8 Å². The van der Waals surface area contributed by atoms with Gasteiger partial charge in [0.05, 0.1) is 12.3 Å². The summed E-state index contributed by atoms with van der Waals surface area (Å²) in [6.45, 7) is 7.95. The number of carboxylic acid groups (broad SMARTS) is 1. The highest BCUT2D eigenvalue weighted by Crippen LogP contribution is 2.29. The van der Waals surface area contributed by atoms with E-state index in [1.165, 1.54) is 0 Å². The number of imidazole rings is 1. The second-order valence-corrected chi connectivity index (χ2v) is 9.03. The van der Waals surface area contributed by atoms with Crippen molar-refractivity contribution in [1.82, 2.24) is 25.6 Å². The van der Waals surface area contributed by atoms with Gasteiger partial charge in [0, 0.05) is 38.9 Å². The molecule has 3 heterocycles. The molecule has 1 fully saturated rings. The number of aliphatic hydroxyl groups excluding tert-OH is 1. The van der Waals surface area contributed by atoms with Gasteiger partial charge in [-0.15, -0.1) is 0 Å². The SMILES string of the molecule is CCO.CCOCCNC(=O)c1nc(N2CCC(NC(=O)c3nc(Cl)c(CC)[nH]3)CC2)sc1C(=O)O. The highest BCUT2D eigenvalue weighted by molar-refractivity contribution is 7.17. The number of hydrogen-bond acceptors (Lipinski definition) is 9. The number of carboxylic acids is 1. The number of rotatable bonds is 10. The molecule has 0 aliphatic carbocycles. The van der Waals surface area contributed by atoms with Crippen LogP contribution < -0.4 is 15.5 Å². The van der Waals surface area contributed by atoms with Crippen LogP contribution in [0.2, 0.25) is 5.15 Å². The summed E-state index contributed by atoms with van der Waals surface area (Å²) in [7, 11) is 0. The number of halogens is 1. The number of amides is 2. The summed E-state index contributed by atoms with van der Waals surface area (Å²) in [5.41, 5.74) is 0.614. The maximum absolute atomic E-state index is 12.5. The molecule has 1 aliphatic rings. The number of hydrogen-bond donors (Lipinski definition) is 5. The zero-order valence-electron chi connectivity index (χ0n) is 20.6. The number of ether oxygens (including phenoxy) is 1. The van der Waals surface area contributed by atoms with E-state index in [9.17, 15) is 19.5 Å². The van der Waals surface area contributed by atoms with Crippen molar-refractivity contribution in [1.29, 1.82) is 0 Å². The van der Waals surface area contributed by atoms with Crippen LogP contribution in [-0.4, -0.2) is 88.4 Å². The molecule has 1 aliphatic heterocycles. The fraction of sp³-hybridized carbons (Fsp3) is 0.591. The van der Waals surface area contributed by atoms with Crippen molar-refractivity contribution in [2.75, 3.05) is 44.4 Å². The van der Waals surface area contributed by atoms with E-state index in [4.69, 9.17) is 21.4 Å². The highest BCUT2D eigenvalue weighted by Gasteiger charge is 2.28. The minimum atomic E-state index is -1.19. The minimum absolute atomic E-state index is 0.0667. The van der Waals surface area contributed by atoms with Crippen LogP contribution in [0.1, 0.15) is 70.1 Å². The predicted octanol–water partition coefficient (Wildman–Crippen LogP) is 1.94. The van der Waals surface area contributed by atoms with E-state index in [1.807, 2.05) is 18.7 Å². The summed E-state index contributed by atoms with van der Waals surface area (Å²) in [5.74, 6) is -1.87. The smallest absolute Gasteiger partial charge is 0.348 e. The Bertz CT molecular complexity index is 1020. The van der Waals surface area contributed by atoms with Gasteiger partial charge in [-0.05, 0) is 33.1 Å². The van der Waals surface area contributed by atoms with Crippen LogP contribution in [0.25, 0.3) is 0 Å². The van der Waals surface area contributed by atoms with Crippen LogP contribution in [0.5, 0.6) is 0 Å². The van der Waals surface area contributed by atoms with Crippen LogP contribution in [0.4, 0.5) is 5.13 Å². The van der Waals surface area contributed by atoms with Crippen molar-refractivity contribution in [3.63, 3.8) is 0 Å².